The summed E-state index contributed by atoms with van der Waals surface area (Å²) in [6.07, 6.45) is 0. The fourth-order valence-corrected chi connectivity index (χ4v) is 1.92. The molecule has 0 aromatic heterocycles. The Bertz CT molecular complexity index is 490. The van der Waals surface area contributed by atoms with Crippen molar-refractivity contribution in [2.75, 3.05) is 6.61 Å². The smallest absolute Gasteiger partial charge is 0.216 e. The predicted molar refractivity (Wildman–Crippen MR) is 58.7 cm³/mol. The fourth-order valence-electron chi connectivity index (χ4n) is 1.07. The molecule has 0 heterocycles. The molecule has 96 valence electrons. The van der Waals surface area contributed by atoms with Crippen LogP contribution in [0.1, 0.15) is 12.5 Å². The number of hydrogen-bond acceptors (Lipinski definition) is 3. The lowest BCUT2D eigenvalue weighted by atomic mass is 10.2. The Morgan fingerprint density at radius 1 is 1.35 bits per heavy atom. The molecule has 0 spiro atoms. The van der Waals surface area contributed by atoms with E-state index in [2.05, 4.69) is 4.72 Å². The van der Waals surface area contributed by atoms with E-state index in [1.54, 1.807) is 0 Å². The Morgan fingerprint density at radius 3 is 2.53 bits per heavy atom. The van der Waals surface area contributed by atoms with Gasteiger partial charge in [0.05, 0.1) is 11.9 Å². The molecule has 1 unspecified atom stereocenters. The van der Waals surface area contributed by atoms with Gasteiger partial charge in [-0.3, -0.25) is 0 Å². The van der Waals surface area contributed by atoms with E-state index in [1.807, 2.05) is 0 Å². The van der Waals surface area contributed by atoms with Crippen LogP contribution in [0.2, 0.25) is 0 Å². The van der Waals surface area contributed by atoms with E-state index in [4.69, 9.17) is 5.11 Å². The van der Waals surface area contributed by atoms with Gasteiger partial charge in [-0.2, -0.15) is 0 Å². The van der Waals surface area contributed by atoms with Crippen LogP contribution < -0.4 is 4.72 Å². The van der Waals surface area contributed by atoms with Gasteiger partial charge in [-0.25, -0.2) is 21.9 Å². The second-order valence-electron chi connectivity index (χ2n) is 3.61. The highest BCUT2D eigenvalue weighted by Crippen LogP contribution is 2.09. The van der Waals surface area contributed by atoms with Crippen LogP contribution in [0.3, 0.4) is 0 Å². The number of rotatable bonds is 5. The van der Waals surface area contributed by atoms with Crippen molar-refractivity contribution in [2.24, 2.45) is 0 Å². The molecule has 1 aromatic carbocycles. The van der Waals surface area contributed by atoms with E-state index in [9.17, 15) is 17.2 Å². The molecule has 2 N–H and O–H groups in total. The average molecular weight is 265 g/mol. The Kier molecular flexibility index (Phi) is 4.55. The van der Waals surface area contributed by atoms with Crippen LogP contribution in [-0.4, -0.2) is 25.4 Å². The Morgan fingerprint density at radius 2 is 2.00 bits per heavy atom. The molecule has 0 bridgehead atoms. The van der Waals surface area contributed by atoms with Crippen molar-refractivity contribution in [3.63, 3.8) is 0 Å². The Labute approximate surface area is 98.3 Å². The first-order chi connectivity index (χ1) is 7.86. The molecular formula is C10H13F2NO3S. The third-order valence-corrected chi connectivity index (χ3v) is 4.00. The van der Waals surface area contributed by atoms with Crippen LogP contribution in [0.4, 0.5) is 8.78 Å². The minimum absolute atomic E-state index is 0.149. The van der Waals surface area contributed by atoms with Crippen LogP contribution in [0.5, 0.6) is 0 Å². The van der Waals surface area contributed by atoms with Gasteiger partial charge in [-0.1, -0.05) is 6.07 Å². The van der Waals surface area contributed by atoms with Gasteiger partial charge in [0.25, 0.3) is 0 Å². The monoisotopic (exact) mass is 265 g/mol. The number of benzene rings is 1. The second-order valence-corrected chi connectivity index (χ2v) is 5.79. The van der Waals surface area contributed by atoms with Crippen molar-refractivity contribution >= 4 is 10.0 Å². The molecule has 0 radical (unpaired) electrons. The first-order valence-electron chi connectivity index (χ1n) is 4.90. The number of aliphatic hydroxyl groups excluding tert-OH is 1. The molecule has 0 aliphatic carbocycles. The summed E-state index contributed by atoms with van der Waals surface area (Å²) in [6.45, 7) is 0.685. The molecule has 0 fully saturated rings. The highest BCUT2D eigenvalue weighted by molar-refractivity contribution is 7.90. The molecule has 7 heteroatoms. The molecule has 0 saturated heterocycles. The molecule has 0 amide bonds. The minimum Gasteiger partial charge on any atom is -0.395 e. The van der Waals surface area contributed by atoms with Crippen LogP contribution in [0.15, 0.2) is 18.2 Å². The number of sulfonamides is 1. The molecular weight excluding hydrogens is 252 g/mol. The summed E-state index contributed by atoms with van der Waals surface area (Å²) in [5.74, 6) is -2.02. The standard InChI is InChI=1S/C10H13F2NO3S/c1-7(6-14)17(15,16)13-5-8-2-3-9(11)10(12)4-8/h2-4,7,13-14H,5-6H2,1H3. The summed E-state index contributed by atoms with van der Waals surface area (Å²) in [4.78, 5) is 0. The summed E-state index contributed by atoms with van der Waals surface area (Å²) in [7, 11) is -3.65. The van der Waals surface area contributed by atoms with Gasteiger partial charge in [0, 0.05) is 6.54 Å². The summed E-state index contributed by atoms with van der Waals surface area (Å²) in [6, 6.07) is 3.13. The fraction of sp³-hybridized carbons (Fsp3) is 0.400. The predicted octanol–water partition coefficient (Wildman–Crippen LogP) is 0.765. The van der Waals surface area contributed by atoms with Crippen LogP contribution in [-0.2, 0) is 16.6 Å². The Hall–Kier alpha value is -1.05. The average Bonchev–Trinajstić information content (AvgIpc) is 2.29. The highest BCUT2D eigenvalue weighted by atomic mass is 32.2. The van der Waals surface area contributed by atoms with E-state index in [1.165, 1.54) is 13.0 Å². The topological polar surface area (TPSA) is 66.4 Å². The van der Waals surface area contributed by atoms with Gasteiger partial charge in [0.1, 0.15) is 0 Å². The van der Waals surface area contributed by atoms with Gasteiger partial charge < -0.3 is 5.11 Å². The van der Waals surface area contributed by atoms with Crippen molar-refractivity contribution in [1.82, 2.24) is 4.72 Å². The third kappa shape index (κ3) is 3.72. The largest absolute Gasteiger partial charge is 0.395 e. The normalized spacial score (nSPS) is 13.6. The molecule has 0 aliphatic heterocycles. The first kappa shape index (κ1) is 14.0. The maximum Gasteiger partial charge on any atom is 0.216 e. The molecule has 0 aliphatic rings. The van der Waals surface area contributed by atoms with E-state index >= 15 is 0 Å². The quantitative estimate of drug-likeness (QED) is 0.826. The third-order valence-electron chi connectivity index (χ3n) is 2.25. The zero-order valence-electron chi connectivity index (χ0n) is 9.15. The lowest BCUT2D eigenvalue weighted by Gasteiger charge is -2.11. The van der Waals surface area contributed by atoms with Gasteiger partial charge >= 0.3 is 0 Å². The van der Waals surface area contributed by atoms with Crippen molar-refractivity contribution in [1.29, 1.82) is 0 Å². The molecule has 0 saturated carbocycles. The number of aliphatic hydroxyl groups is 1. The Balaban J connectivity index is 2.71. The number of halogens is 2. The van der Waals surface area contributed by atoms with Gasteiger partial charge in [-0.05, 0) is 24.6 Å². The van der Waals surface area contributed by atoms with Crippen molar-refractivity contribution in [3.05, 3.63) is 35.4 Å². The minimum atomic E-state index is -3.65. The SMILES string of the molecule is CC(CO)S(=O)(=O)NCc1ccc(F)c(F)c1. The maximum atomic E-state index is 12.8. The number of hydrogen-bond donors (Lipinski definition) is 2. The summed E-state index contributed by atoms with van der Waals surface area (Å²) in [5, 5.41) is 7.77. The van der Waals surface area contributed by atoms with Crippen molar-refractivity contribution in [3.8, 4) is 0 Å². The number of nitrogens with one attached hydrogen (secondary N) is 1. The van der Waals surface area contributed by atoms with Gasteiger partial charge in [0.15, 0.2) is 11.6 Å². The molecule has 17 heavy (non-hydrogen) atoms. The molecule has 1 rings (SSSR count). The van der Waals surface area contributed by atoms with Crippen LogP contribution >= 0.6 is 0 Å². The zero-order chi connectivity index (χ0) is 13.1. The summed E-state index contributed by atoms with van der Waals surface area (Å²) in [5.41, 5.74) is 0.303. The van der Waals surface area contributed by atoms with E-state index < -0.39 is 33.5 Å². The van der Waals surface area contributed by atoms with Crippen molar-refractivity contribution in [2.45, 2.75) is 18.7 Å². The van der Waals surface area contributed by atoms with Gasteiger partial charge in [0.2, 0.25) is 10.0 Å². The highest BCUT2D eigenvalue weighted by Gasteiger charge is 2.19. The summed E-state index contributed by atoms with van der Waals surface area (Å²) < 4.78 is 50.5. The van der Waals surface area contributed by atoms with Crippen molar-refractivity contribution < 1.29 is 22.3 Å². The lowest BCUT2D eigenvalue weighted by Crippen LogP contribution is -2.34. The van der Waals surface area contributed by atoms with E-state index in [0.29, 0.717) is 5.56 Å². The zero-order valence-corrected chi connectivity index (χ0v) is 9.97. The first-order valence-corrected chi connectivity index (χ1v) is 6.44. The van der Waals surface area contributed by atoms with Gasteiger partial charge in [-0.15, -0.1) is 0 Å². The molecule has 1 aromatic rings. The lowest BCUT2D eigenvalue weighted by molar-refractivity contribution is 0.294. The van der Waals surface area contributed by atoms with Crippen LogP contribution in [0.25, 0.3) is 0 Å². The maximum absolute atomic E-state index is 12.8. The van der Waals surface area contributed by atoms with E-state index in [-0.39, 0.29) is 6.54 Å². The summed E-state index contributed by atoms with van der Waals surface area (Å²) >= 11 is 0. The molecule has 1 atom stereocenters. The van der Waals surface area contributed by atoms with E-state index in [0.717, 1.165) is 12.1 Å². The molecule has 4 nitrogen and oxygen atoms in total. The second kappa shape index (κ2) is 5.52. The van der Waals surface area contributed by atoms with Crippen LogP contribution in [0, 0.1) is 11.6 Å².